The first-order valence-electron chi connectivity index (χ1n) is 9.39. The smallest absolute Gasteiger partial charge is 0.269 e. The Balaban J connectivity index is 1.67. The number of nitro groups is 1. The van der Waals surface area contributed by atoms with Crippen LogP contribution in [0, 0.1) is 10.1 Å². The molecule has 3 rings (SSSR count). The molecule has 0 saturated carbocycles. The number of non-ortho nitro benzene ring substituents is 1. The van der Waals surface area contributed by atoms with E-state index in [9.17, 15) is 10.1 Å². The number of ether oxygens (including phenoxy) is 2. The molecular formula is C21H22N4O4S. The average Bonchev–Trinajstić information content (AvgIpc) is 3.19. The Hall–Kier alpha value is -3.46. The fourth-order valence-corrected chi connectivity index (χ4v) is 3.27. The summed E-state index contributed by atoms with van der Waals surface area (Å²) in [7, 11) is 0. The molecule has 1 aromatic heterocycles. The summed E-state index contributed by atoms with van der Waals surface area (Å²) in [4.78, 5) is 14.8. The lowest BCUT2D eigenvalue weighted by Gasteiger charge is -2.14. The molecule has 0 atom stereocenters. The molecule has 1 heterocycles. The maximum Gasteiger partial charge on any atom is 0.269 e. The zero-order valence-electron chi connectivity index (χ0n) is 16.9. The van der Waals surface area contributed by atoms with Gasteiger partial charge in [0, 0.05) is 23.1 Å². The molecule has 0 spiro atoms. The van der Waals surface area contributed by atoms with E-state index in [-0.39, 0.29) is 11.8 Å². The lowest BCUT2D eigenvalue weighted by atomic mass is 10.1. The molecule has 1 N–H and O–H groups in total. The SMILES string of the molecule is CCOc1cc(/C=N/Nc2nc(-c3ccc([N+](=O)[O-])cc3)cs2)ccc1OC(C)C. The molecule has 2 aromatic carbocycles. The first-order chi connectivity index (χ1) is 14.5. The number of rotatable bonds is 9. The van der Waals surface area contributed by atoms with Crippen molar-refractivity contribution in [1.82, 2.24) is 4.98 Å². The lowest BCUT2D eigenvalue weighted by molar-refractivity contribution is -0.384. The van der Waals surface area contributed by atoms with Crippen molar-refractivity contribution in [2.45, 2.75) is 26.9 Å². The fourth-order valence-electron chi connectivity index (χ4n) is 2.60. The van der Waals surface area contributed by atoms with Crippen LogP contribution in [-0.2, 0) is 0 Å². The minimum absolute atomic E-state index is 0.0492. The van der Waals surface area contributed by atoms with Crippen LogP contribution in [0.3, 0.4) is 0 Å². The van der Waals surface area contributed by atoms with Gasteiger partial charge in [-0.05, 0) is 56.7 Å². The van der Waals surface area contributed by atoms with Gasteiger partial charge in [-0.2, -0.15) is 5.10 Å². The summed E-state index contributed by atoms with van der Waals surface area (Å²) < 4.78 is 11.4. The number of benzene rings is 2. The second kappa shape index (κ2) is 9.84. The van der Waals surface area contributed by atoms with E-state index in [0.29, 0.717) is 23.2 Å². The van der Waals surface area contributed by atoms with Gasteiger partial charge in [0.05, 0.1) is 29.5 Å². The third-order valence-corrected chi connectivity index (χ3v) is 4.63. The highest BCUT2D eigenvalue weighted by Crippen LogP contribution is 2.29. The van der Waals surface area contributed by atoms with Crippen molar-refractivity contribution < 1.29 is 14.4 Å². The standard InChI is InChI=1S/C21H22N4O4S/c1-4-28-20-11-15(5-10-19(20)29-14(2)3)12-22-24-21-23-18(13-30-21)16-6-8-17(9-7-16)25(26)27/h5-14H,4H2,1-3H3,(H,23,24)/b22-12+. The summed E-state index contributed by atoms with van der Waals surface area (Å²) >= 11 is 1.40. The van der Waals surface area contributed by atoms with Crippen LogP contribution >= 0.6 is 11.3 Å². The van der Waals surface area contributed by atoms with Gasteiger partial charge in [-0.15, -0.1) is 11.3 Å². The molecule has 0 radical (unpaired) electrons. The van der Waals surface area contributed by atoms with E-state index >= 15 is 0 Å². The topological polar surface area (TPSA) is 98.9 Å². The largest absolute Gasteiger partial charge is 0.490 e. The molecule has 8 nitrogen and oxygen atoms in total. The number of hydrogen-bond donors (Lipinski definition) is 1. The van der Waals surface area contributed by atoms with Crippen molar-refractivity contribution in [2.75, 3.05) is 12.0 Å². The number of aromatic nitrogens is 1. The molecule has 3 aromatic rings. The van der Waals surface area contributed by atoms with Crippen LogP contribution in [0.2, 0.25) is 0 Å². The molecular weight excluding hydrogens is 404 g/mol. The molecule has 0 fully saturated rings. The molecule has 0 aliphatic heterocycles. The van der Waals surface area contributed by atoms with Crippen LogP contribution in [0.5, 0.6) is 11.5 Å². The number of hydrogen-bond acceptors (Lipinski definition) is 8. The van der Waals surface area contributed by atoms with E-state index in [1.54, 1.807) is 18.3 Å². The van der Waals surface area contributed by atoms with Gasteiger partial charge in [0.2, 0.25) is 5.13 Å². The van der Waals surface area contributed by atoms with E-state index in [2.05, 4.69) is 15.5 Å². The van der Waals surface area contributed by atoms with Crippen molar-refractivity contribution >= 4 is 28.4 Å². The number of anilines is 1. The van der Waals surface area contributed by atoms with Crippen molar-refractivity contribution in [3.63, 3.8) is 0 Å². The van der Waals surface area contributed by atoms with Crippen LogP contribution in [0.15, 0.2) is 52.9 Å². The lowest BCUT2D eigenvalue weighted by Crippen LogP contribution is -2.07. The van der Waals surface area contributed by atoms with Gasteiger partial charge in [0.25, 0.3) is 5.69 Å². The minimum atomic E-state index is -0.426. The second-order valence-electron chi connectivity index (χ2n) is 6.52. The summed E-state index contributed by atoms with van der Waals surface area (Å²) in [5, 5.41) is 17.5. The van der Waals surface area contributed by atoms with Gasteiger partial charge >= 0.3 is 0 Å². The number of thiazole rings is 1. The van der Waals surface area contributed by atoms with Gasteiger partial charge in [0.15, 0.2) is 11.5 Å². The molecule has 156 valence electrons. The Morgan fingerprint density at radius 3 is 2.67 bits per heavy atom. The van der Waals surface area contributed by atoms with E-state index in [1.807, 2.05) is 44.4 Å². The van der Waals surface area contributed by atoms with Crippen molar-refractivity contribution in [1.29, 1.82) is 0 Å². The molecule has 9 heteroatoms. The molecule has 0 bridgehead atoms. The van der Waals surface area contributed by atoms with E-state index in [1.165, 1.54) is 23.5 Å². The summed E-state index contributed by atoms with van der Waals surface area (Å²) in [6, 6.07) is 11.9. The maximum atomic E-state index is 10.8. The van der Waals surface area contributed by atoms with Gasteiger partial charge in [-0.1, -0.05) is 0 Å². The third kappa shape index (κ3) is 5.54. The molecule has 0 unspecified atom stereocenters. The highest BCUT2D eigenvalue weighted by atomic mass is 32.1. The molecule has 0 saturated heterocycles. The van der Waals surface area contributed by atoms with Crippen LogP contribution < -0.4 is 14.9 Å². The normalized spacial score (nSPS) is 11.1. The van der Waals surface area contributed by atoms with Crippen LogP contribution in [-0.4, -0.2) is 28.8 Å². The summed E-state index contributed by atoms with van der Waals surface area (Å²) in [6.07, 6.45) is 1.73. The maximum absolute atomic E-state index is 10.8. The molecule has 30 heavy (non-hydrogen) atoms. The zero-order chi connectivity index (χ0) is 21.5. The Morgan fingerprint density at radius 2 is 2.00 bits per heavy atom. The number of hydrazone groups is 1. The molecule has 0 aliphatic carbocycles. The van der Waals surface area contributed by atoms with Gasteiger partial charge in [-0.25, -0.2) is 4.98 Å². The van der Waals surface area contributed by atoms with Gasteiger partial charge in [-0.3, -0.25) is 15.5 Å². The van der Waals surface area contributed by atoms with E-state index in [0.717, 1.165) is 16.8 Å². The van der Waals surface area contributed by atoms with Crippen molar-refractivity contribution in [2.24, 2.45) is 5.10 Å². The first kappa shape index (κ1) is 21.3. The quantitative estimate of drug-likeness (QED) is 0.281. The predicted molar refractivity (Wildman–Crippen MR) is 119 cm³/mol. The van der Waals surface area contributed by atoms with Gasteiger partial charge in [0.1, 0.15) is 0 Å². The Kier molecular flexibility index (Phi) is 6.97. The Morgan fingerprint density at radius 1 is 1.23 bits per heavy atom. The molecule has 0 aliphatic rings. The fraction of sp³-hybridized carbons (Fsp3) is 0.238. The Labute approximate surface area is 178 Å². The number of nitrogens with one attached hydrogen (secondary N) is 1. The zero-order valence-corrected chi connectivity index (χ0v) is 17.7. The monoisotopic (exact) mass is 426 g/mol. The van der Waals surface area contributed by atoms with E-state index < -0.39 is 4.92 Å². The highest BCUT2D eigenvalue weighted by molar-refractivity contribution is 7.14. The second-order valence-corrected chi connectivity index (χ2v) is 7.38. The number of nitro benzene ring substituents is 1. The first-order valence-corrected chi connectivity index (χ1v) is 10.3. The third-order valence-electron chi connectivity index (χ3n) is 3.88. The highest BCUT2D eigenvalue weighted by Gasteiger charge is 2.09. The summed E-state index contributed by atoms with van der Waals surface area (Å²) in [5.74, 6) is 1.37. The van der Waals surface area contributed by atoms with Crippen LogP contribution in [0.1, 0.15) is 26.3 Å². The van der Waals surface area contributed by atoms with Crippen LogP contribution in [0.25, 0.3) is 11.3 Å². The summed E-state index contributed by atoms with van der Waals surface area (Å²) in [6.45, 7) is 6.40. The van der Waals surface area contributed by atoms with Crippen LogP contribution in [0.4, 0.5) is 10.8 Å². The van der Waals surface area contributed by atoms with Crippen molar-refractivity contribution in [3.05, 3.63) is 63.5 Å². The summed E-state index contributed by atoms with van der Waals surface area (Å²) in [5.41, 5.74) is 5.34. The Bertz CT molecular complexity index is 1030. The minimum Gasteiger partial charge on any atom is -0.490 e. The van der Waals surface area contributed by atoms with Gasteiger partial charge < -0.3 is 9.47 Å². The predicted octanol–water partition coefficient (Wildman–Crippen LogP) is 5.35. The number of nitrogens with zero attached hydrogens (tertiary/aromatic N) is 3. The van der Waals surface area contributed by atoms with E-state index in [4.69, 9.17) is 9.47 Å². The molecule has 0 amide bonds. The average molecular weight is 426 g/mol. The van der Waals surface area contributed by atoms with Crippen molar-refractivity contribution in [3.8, 4) is 22.8 Å².